The lowest BCUT2D eigenvalue weighted by Gasteiger charge is -2.39. The molecule has 3 nitrogen and oxygen atoms in total. The molecule has 0 radical (unpaired) electrons. The number of rotatable bonds is 6. The molecule has 2 rings (SSSR count). The molecule has 1 atom stereocenters. The second-order valence-electron chi connectivity index (χ2n) is 6.96. The predicted molar refractivity (Wildman–Crippen MR) is 103 cm³/mol. The molecule has 0 aliphatic carbocycles. The molecule has 0 aromatic heterocycles. The minimum Gasteiger partial charge on any atom is -0.387 e. The minimum absolute atomic E-state index is 0.232. The van der Waals surface area contributed by atoms with Gasteiger partial charge in [0.15, 0.2) is 0 Å². The van der Waals surface area contributed by atoms with Crippen LogP contribution in [0.15, 0.2) is 59.5 Å². The van der Waals surface area contributed by atoms with E-state index in [-0.39, 0.29) is 6.16 Å². The summed E-state index contributed by atoms with van der Waals surface area (Å²) < 4.78 is 19.9. The molecule has 0 amide bonds. The second kappa shape index (κ2) is 7.05. The van der Waals surface area contributed by atoms with E-state index in [2.05, 4.69) is 12.6 Å². The van der Waals surface area contributed by atoms with Crippen molar-refractivity contribution in [3.05, 3.63) is 60.2 Å². The van der Waals surface area contributed by atoms with Crippen molar-refractivity contribution in [3.63, 3.8) is 0 Å². The zero-order valence-electron chi connectivity index (χ0n) is 14.6. The predicted octanol–water partition coefficient (Wildman–Crippen LogP) is 4.65. The quantitative estimate of drug-likeness (QED) is 0.580. The van der Waals surface area contributed by atoms with Crippen molar-refractivity contribution in [2.75, 3.05) is 0 Å². The zero-order valence-corrected chi connectivity index (χ0v) is 16.4. The fourth-order valence-corrected chi connectivity index (χ4v) is 5.21. The number of benzene rings is 2. The Morgan fingerprint density at radius 3 is 2.08 bits per heavy atom. The summed E-state index contributed by atoms with van der Waals surface area (Å²) in [6.45, 7) is 6.84. The summed E-state index contributed by atoms with van der Waals surface area (Å²) in [5, 5.41) is 11.1. The van der Waals surface area contributed by atoms with Crippen LogP contribution in [0.2, 0.25) is 0 Å². The van der Waals surface area contributed by atoms with Gasteiger partial charge in [-0.2, -0.15) is 0 Å². The number of hydrogen-bond donors (Lipinski definition) is 2. The summed E-state index contributed by atoms with van der Waals surface area (Å²) in [6, 6.07) is 16.7. The third-order valence-electron chi connectivity index (χ3n) is 4.37. The largest absolute Gasteiger partial charge is 0.387 e. The summed E-state index contributed by atoms with van der Waals surface area (Å²) in [7, 11) is -3.25. The molecule has 1 unspecified atom stereocenters. The highest BCUT2D eigenvalue weighted by molar-refractivity contribution is 7.80. The topological polar surface area (TPSA) is 46.5 Å². The van der Waals surface area contributed by atoms with Gasteiger partial charge in [-0.05, 0) is 51.5 Å². The van der Waals surface area contributed by atoms with Crippen molar-refractivity contribution >= 4 is 25.3 Å². The van der Waals surface area contributed by atoms with Gasteiger partial charge in [0, 0.05) is 10.2 Å². The lowest BCUT2D eigenvalue weighted by Crippen LogP contribution is -2.47. The molecule has 0 spiro atoms. The van der Waals surface area contributed by atoms with Gasteiger partial charge in [-0.15, -0.1) is 12.6 Å². The highest BCUT2D eigenvalue weighted by Gasteiger charge is 2.43. The molecule has 0 heterocycles. The first-order chi connectivity index (χ1) is 11.1. The molecule has 5 heteroatoms. The van der Waals surface area contributed by atoms with Crippen molar-refractivity contribution in [2.45, 2.75) is 50.0 Å². The van der Waals surface area contributed by atoms with Crippen LogP contribution >= 0.6 is 20.0 Å². The fourth-order valence-electron chi connectivity index (χ4n) is 2.18. The van der Waals surface area contributed by atoms with Crippen molar-refractivity contribution in [1.29, 1.82) is 0 Å². The van der Waals surface area contributed by atoms with Crippen molar-refractivity contribution < 1.29 is 14.2 Å². The Morgan fingerprint density at radius 2 is 1.54 bits per heavy atom. The molecule has 0 fully saturated rings. The molecule has 0 saturated carbocycles. The molecule has 0 aliphatic heterocycles. The first-order valence-electron chi connectivity index (χ1n) is 7.90. The van der Waals surface area contributed by atoms with Gasteiger partial charge in [-0.3, -0.25) is 4.57 Å². The van der Waals surface area contributed by atoms with E-state index >= 15 is 0 Å². The summed E-state index contributed by atoms with van der Waals surface area (Å²) in [5.74, 6) is 0. The van der Waals surface area contributed by atoms with E-state index in [1.165, 1.54) is 0 Å². The maximum atomic E-state index is 13.8. The monoisotopic (exact) mass is 364 g/mol. The maximum Gasteiger partial charge on any atom is 0.237 e. The smallest absolute Gasteiger partial charge is 0.237 e. The number of thiol groups is 1. The van der Waals surface area contributed by atoms with E-state index in [1.807, 2.05) is 54.6 Å². The van der Waals surface area contributed by atoms with E-state index in [0.717, 1.165) is 10.5 Å². The Bertz CT molecular complexity index is 736. The fraction of sp³-hybridized carbons (Fsp3) is 0.368. The van der Waals surface area contributed by atoms with Crippen LogP contribution in [0.3, 0.4) is 0 Å². The molecule has 0 aliphatic rings. The van der Waals surface area contributed by atoms with Gasteiger partial charge in [0.1, 0.15) is 0 Å². The highest BCUT2D eigenvalue weighted by Crippen LogP contribution is 2.54. The van der Waals surface area contributed by atoms with E-state index in [9.17, 15) is 9.67 Å². The molecular formula is C19H25O3PS. The molecule has 2 aromatic carbocycles. The number of hydrogen-bond acceptors (Lipinski definition) is 4. The van der Waals surface area contributed by atoms with Gasteiger partial charge in [0.05, 0.1) is 17.4 Å². The van der Waals surface area contributed by atoms with Gasteiger partial charge >= 0.3 is 0 Å². The summed E-state index contributed by atoms with van der Waals surface area (Å²) in [6.07, 6.45) is 0.232. The first-order valence-corrected chi connectivity index (χ1v) is 10.2. The van der Waals surface area contributed by atoms with Crippen molar-refractivity contribution in [2.24, 2.45) is 0 Å². The first kappa shape index (κ1) is 19.3. The van der Waals surface area contributed by atoms with Crippen LogP contribution in [0.1, 0.15) is 33.3 Å². The highest BCUT2D eigenvalue weighted by atomic mass is 32.1. The molecule has 130 valence electrons. The van der Waals surface area contributed by atoms with Crippen LogP contribution in [0.5, 0.6) is 0 Å². The Morgan fingerprint density at radius 1 is 1.00 bits per heavy atom. The Balaban J connectivity index is 2.47. The number of aliphatic hydroxyl groups is 1. The Hall–Kier alpha value is -1.06. The van der Waals surface area contributed by atoms with Gasteiger partial charge in [-0.1, -0.05) is 36.4 Å². The average Bonchev–Trinajstić information content (AvgIpc) is 2.49. The molecular weight excluding hydrogens is 339 g/mol. The molecule has 0 bridgehead atoms. The Labute approximate surface area is 149 Å². The zero-order chi connectivity index (χ0) is 18.0. The van der Waals surface area contributed by atoms with Gasteiger partial charge in [0.2, 0.25) is 7.37 Å². The average molecular weight is 364 g/mol. The van der Waals surface area contributed by atoms with Crippen LogP contribution < -0.4 is 5.30 Å². The van der Waals surface area contributed by atoms with Gasteiger partial charge in [0.25, 0.3) is 0 Å². The maximum absolute atomic E-state index is 13.8. The van der Waals surface area contributed by atoms with E-state index in [1.54, 1.807) is 27.7 Å². The summed E-state index contributed by atoms with van der Waals surface area (Å²) in [5.41, 5.74) is -1.26. The normalized spacial score (nSPS) is 15.1. The van der Waals surface area contributed by atoms with Crippen LogP contribution in [-0.4, -0.2) is 16.3 Å². The van der Waals surface area contributed by atoms with E-state index in [4.69, 9.17) is 4.52 Å². The lowest BCUT2D eigenvalue weighted by atomic mass is 9.90. The van der Waals surface area contributed by atoms with Crippen LogP contribution in [0, 0.1) is 0 Å². The van der Waals surface area contributed by atoms with Crippen LogP contribution in [0.25, 0.3) is 0 Å². The molecule has 2 aromatic rings. The molecule has 1 N–H and O–H groups in total. The Kier molecular flexibility index (Phi) is 5.66. The summed E-state index contributed by atoms with van der Waals surface area (Å²) in [4.78, 5) is 0.776. The van der Waals surface area contributed by atoms with Crippen LogP contribution in [-0.2, 0) is 15.3 Å². The third-order valence-corrected chi connectivity index (χ3v) is 7.40. The standard InChI is InChI=1S/C19H25O3PS/c1-18(2,20)19(3,4)22-23(21,16-11-6-5-7-12-16)14-15-10-8-9-13-17(15)24/h5-13,20,24H,14H2,1-4H3. The minimum atomic E-state index is -3.25. The van der Waals surface area contributed by atoms with Gasteiger partial charge < -0.3 is 9.63 Å². The lowest BCUT2D eigenvalue weighted by molar-refractivity contribution is -0.0888. The van der Waals surface area contributed by atoms with Gasteiger partial charge in [-0.25, -0.2) is 0 Å². The van der Waals surface area contributed by atoms with Crippen molar-refractivity contribution in [3.8, 4) is 0 Å². The SMILES string of the molecule is CC(C)(O)C(C)(C)OP(=O)(Cc1ccccc1S)c1ccccc1. The summed E-state index contributed by atoms with van der Waals surface area (Å²) >= 11 is 4.46. The van der Waals surface area contributed by atoms with Crippen LogP contribution in [0.4, 0.5) is 0 Å². The third kappa shape index (κ3) is 4.31. The second-order valence-corrected chi connectivity index (χ2v) is 9.80. The molecule has 24 heavy (non-hydrogen) atoms. The molecule has 0 saturated heterocycles. The van der Waals surface area contributed by atoms with E-state index in [0.29, 0.717) is 5.30 Å². The van der Waals surface area contributed by atoms with E-state index < -0.39 is 18.6 Å². The van der Waals surface area contributed by atoms with Crippen molar-refractivity contribution in [1.82, 2.24) is 0 Å².